The molecule has 0 aliphatic rings. The lowest BCUT2D eigenvalue weighted by Gasteiger charge is -2.11. The van der Waals surface area contributed by atoms with Crippen molar-refractivity contribution in [3.05, 3.63) is 42.2 Å². The molecule has 0 fully saturated rings. The van der Waals surface area contributed by atoms with Gasteiger partial charge in [-0.05, 0) is 18.2 Å². The van der Waals surface area contributed by atoms with Crippen LogP contribution in [-0.4, -0.2) is 29.0 Å². The fourth-order valence-electron chi connectivity index (χ4n) is 2.33. The summed E-state index contributed by atoms with van der Waals surface area (Å²) in [4.78, 5) is 20.1. The normalized spacial score (nSPS) is 10.9. The number of aromatic nitrogens is 2. The highest BCUT2D eigenvalue weighted by Crippen LogP contribution is 2.29. The lowest BCUT2D eigenvalue weighted by Crippen LogP contribution is -2.14. The largest absolute Gasteiger partial charge is 0.368 e. The molecule has 0 aliphatic carbocycles. The first-order valence-electron chi connectivity index (χ1n) is 6.62. The second kappa shape index (κ2) is 5.34. The molecule has 0 spiro atoms. The van der Waals surface area contributed by atoms with E-state index < -0.39 is 5.91 Å². The minimum absolute atomic E-state index is 0.433. The SMILES string of the molecule is NCCNc1nc2cc(C(N)=O)ccc2c2cnccc12. The Kier molecular flexibility index (Phi) is 3.37. The summed E-state index contributed by atoms with van der Waals surface area (Å²) in [7, 11) is 0. The van der Waals surface area contributed by atoms with Crippen molar-refractivity contribution in [3.8, 4) is 0 Å². The first-order valence-corrected chi connectivity index (χ1v) is 6.62. The Hall–Kier alpha value is -2.73. The van der Waals surface area contributed by atoms with Crippen LogP contribution >= 0.6 is 0 Å². The zero-order chi connectivity index (χ0) is 14.8. The van der Waals surface area contributed by atoms with E-state index in [-0.39, 0.29) is 0 Å². The van der Waals surface area contributed by atoms with E-state index in [9.17, 15) is 4.79 Å². The number of anilines is 1. The molecule has 0 atom stereocenters. The molecule has 6 heteroatoms. The van der Waals surface area contributed by atoms with Gasteiger partial charge in [-0.25, -0.2) is 4.98 Å². The van der Waals surface area contributed by atoms with Crippen LogP contribution in [0.25, 0.3) is 21.7 Å². The van der Waals surface area contributed by atoms with Gasteiger partial charge in [-0.1, -0.05) is 6.07 Å². The van der Waals surface area contributed by atoms with E-state index in [4.69, 9.17) is 11.5 Å². The monoisotopic (exact) mass is 281 g/mol. The summed E-state index contributed by atoms with van der Waals surface area (Å²) in [5.41, 5.74) is 12.0. The van der Waals surface area contributed by atoms with Crippen LogP contribution in [0.15, 0.2) is 36.7 Å². The molecule has 1 amide bonds. The first kappa shape index (κ1) is 13.3. The van der Waals surface area contributed by atoms with Gasteiger partial charge in [-0.15, -0.1) is 0 Å². The third kappa shape index (κ3) is 2.36. The van der Waals surface area contributed by atoms with E-state index in [1.54, 1.807) is 24.5 Å². The van der Waals surface area contributed by atoms with Gasteiger partial charge in [-0.3, -0.25) is 9.78 Å². The molecule has 3 rings (SSSR count). The highest BCUT2D eigenvalue weighted by atomic mass is 16.1. The summed E-state index contributed by atoms with van der Waals surface area (Å²) in [5, 5.41) is 6.07. The molecule has 2 aromatic heterocycles. The molecule has 0 bridgehead atoms. The minimum atomic E-state index is -0.471. The van der Waals surface area contributed by atoms with Crippen molar-refractivity contribution >= 4 is 33.4 Å². The highest BCUT2D eigenvalue weighted by Gasteiger charge is 2.10. The van der Waals surface area contributed by atoms with Crippen molar-refractivity contribution < 1.29 is 4.79 Å². The molecule has 0 radical (unpaired) electrons. The topological polar surface area (TPSA) is 107 Å². The number of fused-ring (bicyclic) bond motifs is 3. The highest BCUT2D eigenvalue weighted by molar-refractivity contribution is 6.11. The van der Waals surface area contributed by atoms with Crippen LogP contribution in [0.5, 0.6) is 0 Å². The van der Waals surface area contributed by atoms with Crippen molar-refractivity contribution in [2.75, 3.05) is 18.4 Å². The van der Waals surface area contributed by atoms with Gasteiger partial charge in [-0.2, -0.15) is 0 Å². The number of carbonyl (C=O) groups is 1. The maximum atomic E-state index is 11.3. The fourth-order valence-corrected chi connectivity index (χ4v) is 2.33. The summed E-state index contributed by atoms with van der Waals surface area (Å²) < 4.78 is 0. The summed E-state index contributed by atoms with van der Waals surface area (Å²) in [6.45, 7) is 1.12. The zero-order valence-electron chi connectivity index (χ0n) is 11.3. The second-order valence-corrected chi connectivity index (χ2v) is 4.69. The van der Waals surface area contributed by atoms with Crippen molar-refractivity contribution in [2.24, 2.45) is 11.5 Å². The number of nitrogens with one attached hydrogen (secondary N) is 1. The van der Waals surface area contributed by atoms with E-state index >= 15 is 0 Å². The van der Waals surface area contributed by atoms with E-state index in [0.717, 1.165) is 22.0 Å². The number of primary amides is 1. The lowest BCUT2D eigenvalue weighted by molar-refractivity contribution is 0.100. The lowest BCUT2D eigenvalue weighted by atomic mass is 10.1. The number of nitrogens with zero attached hydrogens (tertiary/aromatic N) is 2. The Morgan fingerprint density at radius 1 is 1.19 bits per heavy atom. The summed E-state index contributed by atoms with van der Waals surface area (Å²) in [5.74, 6) is 0.258. The Balaban J connectivity index is 2.30. The van der Waals surface area contributed by atoms with Gasteiger partial charge in [0.1, 0.15) is 5.82 Å². The van der Waals surface area contributed by atoms with Crippen molar-refractivity contribution in [3.63, 3.8) is 0 Å². The van der Waals surface area contributed by atoms with Crippen LogP contribution in [0.1, 0.15) is 10.4 Å². The van der Waals surface area contributed by atoms with Gasteiger partial charge < -0.3 is 16.8 Å². The molecule has 6 nitrogen and oxygen atoms in total. The molecule has 2 heterocycles. The number of amides is 1. The maximum absolute atomic E-state index is 11.3. The smallest absolute Gasteiger partial charge is 0.248 e. The summed E-state index contributed by atoms with van der Waals surface area (Å²) in [6.07, 6.45) is 3.51. The Morgan fingerprint density at radius 2 is 2.05 bits per heavy atom. The van der Waals surface area contributed by atoms with E-state index in [1.165, 1.54) is 0 Å². The Labute approximate surface area is 121 Å². The number of rotatable bonds is 4. The summed E-state index contributed by atoms with van der Waals surface area (Å²) in [6, 6.07) is 7.14. The minimum Gasteiger partial charge on any atom is -0.368 e. The molecular weight excluding hydrogens is 266 g/mol. The molecular formula is C15H15N5O. The summed E-state index contributed by atoms with van der Waals surface area (Å²) >= 11 is 0. The molecule has 0 aliphatic heterocycles. The molecule has 5 N–H and O–H groups in total. The Morgan fingerprint density at radius 3 is 2.81 bits per heavy atom. The molecule has 0 saturated carbocycles. The van der Waals surface area contributed by atoms with Crippen LogP contribution in [0.2, 0.25) is 0 Å². The molecule has 106 valence electrons. The predicted octanol–water partition coefficient (Wildman–Crippen LogP) is 1.25. The molecule has 0 saturated heterocycles. The number of benzene rings is 1. The molecule has 21 heavy (non-hydrogen) atoms. The fraction of sp³-hybridized carbons (Fsp3) is 0.133. The van der Waals surface area contributed by atoms with Crippen molar-refractivity contribution in [1.82, 2.24) is 9.97 Å². The third-order valence-electron chi connectivity index (χ3n) is 3.32. The van der Waals surface area contributed by atoms with Gasteiger partial charge in [0.15, 0.2) is 0 Å². The predicted molar refractivity (Wildman–Crippen MR) is 83.1 cm³/mol. The third-order valence-corrected chi connectivity index (χ3v) is 3.32. The van der Waals surface area contributed by atoms with Gasteiger partial charge in [0, 0.05) is 47.2 Å². The van der Waals surface area contributed by atoms with E-state index in [1.807, 2.05) is 12.1 Å². The van der Waals surface area contributed by atoms with Crippen LogP contribution in [0.4, 0.5) is 5.82 Å². The van der Waals surface area contributed by atoms with Gasteiger partial charge >= 0.3 is 0 Å². The average molecular weight is 281 g/mol. The van der Waals surface area contributed by atoms with Crippen LogP contribution in [-0.2, 0) is 0 Å². The number of hydrogen-bond donors (Lipinski definition) is 3. The van der Waals surface area contributed by atoms with Gasteiger partial charge in [0.2, 0.25) is 5.91 Å². The van der Waals surface area contributed by atoms with Crippen LogP contribution < -0.4 is 16.8 Å². The molecule has 0 unspecified atom stereocenters. The second-order valence-electron chi connectivity index (χ2n) is 4.69. The Bertz CT molecular complexity index is 831. The number of nitrogens with two attached hydrogens (primary N) is 2. The number of pyridine rings is 2. The average Bonchev–Trinajstić information content (AvgIpc) is 2.52. The van der Waals surface area contributed by atoms with Gasteiger partial charge in [0.25, 0.3) is 0 Å². The van der Waals surface area contributed by atoms with E-state index in [0.29, 0.717) is 24.2 Å². The van der Waals surface area contributed by atoms with Crippen molar-refractivity contribution in [1.29, 1.82) is 0 Å². The van der Waals surface area contributed by atoms with Crippen molar-refractivity contribution in [2.45, 2.75) is 0 Å². The quantitative estimate of drug-likeness (QED) is 0.624. The standard InChI is InChI=1S/C15H15N5O/c16-4-6-19-15-11-3-5-18-8-12(11)10-2-1-9(14(17)21)7-13(10)20-15/h1-3,5,7-8H,4,6,16H2,(H2,17,21)(H,19,20). The maximum Gasteiger partial charge on any atom is 0.248 e. The zero-order valence-corrected chi connectivity index (χ0v) is 11.3. The number of hydrogen-bond acceptors (Lipinski definition) is 5. The number of carbonyl (C=O) groups excluding carboxylic acids is 1. The molecule has 3 aromatic rings. The molecule has 1 aromatic carbocycles. The van der Waals surface area contributed by atoms with Crippen LogP contribution in [0.3, 0.4) is 0 Å². The van der Waals surface area contributed by atoms with E-state index in [2.05, 4.69) is 15.3 Å². The van der Waals surface area contributed by atoms with Crippen LogP contribution in [0, 0.1) is 0 Å². The first-order chi connectivity index (χ1) is 10.2. The van der Waals surface area contributed by atoms with Gasteiger partial charge in [0.05, 0.1) is 5.52 Å².